The molecule has 0 saturated heterocycles. The van der Waals surface area contributed by atoms with E-state index in [1.807, 2.05) is 0 Å². The average molecular weight is 316 g/mol. The molecule has 0 aliphatic heterocycles. The molecule has 0 atom stereocenters. The maximum absolute atomic E-state index is 12.2. The fourth-order valence-electron chi connectivity index (χ4n) is 2.29. The van der Waals surface area contributed by atoms with Crippen LogP contribution < -0.4 is 10.2 Å². The van der Waals surface area contributed by atoms with Gasteiger partial charge < -0.3 is 29.6 Å². The van der Waals surface area contributed by atoms with Crippen LogP contribution in [0.25, 0.3) is 22.3 Å². The molecule has 0 fully saturated rings. The van der Waals surface area contributed by atoms with Crippen molar-refractivity contribution < 1.29 is 29.6 Å². The third-order valence-electron chi connectivity index (χ3n) is 3.38. The van der Waals surface area contributed by atoms with Crippen LogP contribution in [0.4, 0.5) is 0 Å². The standard InChI is InChI=1S/C16H12O7/c1-22-8-2-3-9(10(18)6-8)16-15(21)14(20)13-11(19)4-7(17)5-12(13)23-16/h2-6,17-19,21H,1H3. The molecule has 0 aliphatic rings. The van der Waals surface area contributed by atoms with Gasteiger partial charge in [-0.2, -0.15) is 0 Å². The Morgan fingerprint density at radius 2 is 1.74 bits per heavy atom. The number of aromatic hydroxyl groups is 4. The first kappa shape index (κ1) is 14.6. The van der Waals surface area contributed by atoms with Gasteiger partial charge in [0.1, 0.15) is 34.0 Å². The molecular formula is C16H12O7. The van der Waals surface area contributed by atoms with Crippen molar-refractivity contribution in [1.82, 2.24) is 0 Å². The van der Waals surface area contributed by atoms with Crippen LogP contribution in [-0.4, -0.2) is 27.5 Å². The van der Waals surface area contributed by atoms with Crippen molar-refractivity contribution in [3.05, 3.63) is 40.6 Å². The first-order valence-electron chi connectivity index (χ1n) is 6.51. The lowest BCUT2D eigenvalue weighted by atomic mass is 10.1. The molecule has 7 heteroatoms. The smallest absolute Gasteiger partial charge is 0.238 e. The highest BCUT2D eigenvalue weighted by Crippen LogP contribution is 2.39. The van der Waals surface area contributed by atoms with E-state index < -0.39 is 16.9 Å². The van der Waals surface area contributed by atoms with Crippen LogP contribution in [-0.2, 0) is 0 Å². The molecule has 0 aliphatic carbocycles. The number of ether oxygens (including phenoxy) is 1. The molecule has 23 heavy (non-hydrogen) atoms. The summed E-state index contributed by atoms with van der Waals surface area (Å²) in [4.78, 5) is 12.2. The van der Waals surface area contributed by atoms with Gasteiger partial charge in [0.15, 0.2) is 5.76 Å². The van der Waals surface area contributed by atoms with Crippen molar-refractivity contribution in [1.29, 1.82) is 0 Å². The third-order valence-corrected chi connectivity index (χ3v) is 3.38. The van der Waals surface area contributed by atoms with Crippen LogP contribution in [0.15, 0.2) is 39.5 Å². The quantitative estimate of drug-likeness (QED) is 0.572. The van der Waals surface area contributed by atoms with Gasteiger partial charge in [-0.1, -0.05) is 0 Å². The molecule has 1 heterocycles. The Hall–Kier alpha value is -3.35. The normalized spacial score (nSPS) is 10.8. The summed E-state index contributed by atoms with van der Waals surface area (Å²) in [5.74, 6) is -1.77. The summed E-state index contributed by atoms with van der Waals surface area (Å²) in [6, 6.07) is 6.29. The molecule has 3 aromatic rings. The molecule has 118 valence electrons. The van der Waals surface area contributed by atoms with E-state index in [1.165, 1.54) is 25.3 Å². The number of methoxy groups -OCH3 is 1. The highest BCUT2D eigenvalue weighted by atomic mass is 16.5. The summed E-state index contributed by atoms with van der Waals surface area (Å²) >= 11 is 0. The van der Waals surface area contributed by atoms with E-state index in [9.17, 15) is 25.2 Å². The molecule has 0 radical (unpaired) electrons. The van der Waals surface area contributed by atoms with Crippen LogP contribution in [0.2, 0.25) is 0 Å². The number of hydrogen-bond donors (Lipinski definition) is 4. The van der Waals surface area contributed by atoms with Crippen LogP contribution in [0.1, 0.15) is 0 Å². The number of hydrogen-bond acceptors (Lipinski definition) is 7. The minimum Gasteiger partial charge on any atom is -0.508 e. The summed E-state index contributed by atoms with van der Waals surface area (Å²) in [5, 5.41) is 39.1. The molecule has 0 bridgehead atoms. The molecule has 3 rings (SSSR count). The van der Waals surface area contributed by atoms with Crippen LogP contribution in [0, 0.1) is 0 Å². The second kappa shape index (κ2) is 5.13. The van der Waals surface area contributed by atoms with E-state index in [4.69, 9.17) is 9.15 Å². The Balaban J connectivity index is 2.35. The predicted molar refractivity (Wildman–Crippen MR) is 81.1 cm³/mol. The van der Waals surface area contributed by atoms with Gasteiger partial charge in [-0.15, -0.1) is 0 Å². The van der Waals surface area contributed by atoms with Crippen LogP contribution >= 0.6 is 0 Å². The number of fused-ring (bicyclic) bond motifs is 1. The largest absolute Gasteiger partial charge is 0.508 e. The Bertz CT molecular complexity index is 972. The molecule has 0 spiro atoms. The lowest BCUT2D eigenvalue weighted by molar-refractivity contribution is 0.407. The molecule has 0 unspecified atom stereocenters. The zero-order valence-electron chi connectivity index (χ0n) is 11.9. The summed E-state index contributed by atoms with van der Waals surface area (Å²) < 4.78 is 10.4. The predicted octanol–water partition coefficient (Wildman–Crippen LogP) is 2.29. The van der Waals surface area contributed by atoms with Gasteiger partial charge in [0.25, 0.3) is 0 Å². The molecule has 0 saturated carbocycles. The van der Waals surface area contributed by atoms with E-state index in [0.29, 0.717) is 5.75 Å². The maximum Gasteiger partial charge on any atom is 0.238 e. The summed E-state index contributed by atoms with van der Waals surface area (Å²) in [5.41, 5.74) is -0.949. The van der Waals surface area contributed by atoms with Gasteiger partial charge in [0.2, 0.25) is 11.2 Å². The lowest BCUT2D eigenvalue weighted by Crippen LogP contribution is -2.03. The zero-order valence-corrected chi connectivity index (χ0v) is 11.9. The molecule has 0 amide bonds. The SMILES string of the molecule is COc1ccc(-c2oc3cc(O)cc(O)c3c(=O)c2O)c(O)c1. The molecule has 2 aromatic carbocycles. The average Bonchev–Trinajstić information content (AvgIpc) is 2.50. The van der Waals surface area contributed by atoms with Crippen molar-refractivity contribution in [2.75, 3.05) is 7.11 Å². The summed E-state index contributed by atoms with van der Waals surface area (Å²) in [6.07, 6.45) is 0. The third kappa shape index (κ3) is 2.28. The fourth-order valence-corrected chi connectivity index (χ4v) is 2.29. The van der Waals surface area contributed by atoms with E-state index in [1.54, 1.807) is 0 Å². The molecule has 1 aromatic heterocycles. The van der Waals surface area contributed by atoms with Crippen molar-refractivity contribution in [3.8, 4) is 40.1 Å². The number of benzene rings is 2. The molecule has 7 nitrogen and oxygen atoms in total. The minimum atomic E-state index is -0.881. The van der Waals surface area contributed by atoms with E-state index >= 15 is 0 Å². The Morgan fingerprint density at radius 3 is 2.39 bits per heavy atom. The maximum atomic E-state index is 12.2. The minimum absolute atomic E-state index is 0.0603. The van der Waals surface area contributed by atoms with E-state index in [-0.39, 0.29) is 33.8 Å². The highest BCUT2D eigenvalue weighted by molar-refractivity contribution is 5.88. The van der Waals surface area contributed by atoms with Crippen molar-refractivity contribution >= 4 is 11.0 Å². The van der Waals surface area contributed by atoms with Crippen molar-refractivity contribution in [2.45, 2.75) is 0 Å². The fraction of sp³-hybridized carbons (Fsp3) is 0.0625. The Labute approximate surface area is 129 Å². The zero-order chi connectivity index (χ0) is 16.7. The van der Waals surface area contributed by atoms with Crippen LogP contribution in [0.3, 0.4) is 0 Å². The topological polar surface area (TPSA) is 120 Å². The molecule has 4 N–H and O–H groups in total. The first-order valence-corrected chi connectivity index (χ1v) is 6.51. The van der Waals surface area contributed by atoms with Gasteiger partial charge in [-0.25, -0.2) is 0 Å². The Morgan fingerprint density at radius 1 is 1.00 bits per heavy atom. The second-order valence-electron chi connectivity index (χ2n) is 4.83. The molecular weight excluding hydrogens is 304 g/mol. The van der Waals surface area contributed by atoms with Crippen LogP contribution in [0.5, 0.6) is 28.7 Å². The van der Waals surface area contributed by atoms with Gasteiger partial charge in [0.05, 0.1) is 12.7 Å². The lowest BCUT2D eigenvalue weighted by Gasteiger charge is -2.09. The summed E-state index contributed by atoms with van der Waals surface area (Å²) in [7, 11) is 1.42. The van der Waals surface area contributed by atoms with Crippen molar-refractivity contribution in [2.24, 2.45) is 0 Å². The van der Waals surface area contributed by atoms with Gasteiger partial charge in [-0.05, 0) is 12.1 Å². The summed E-state index contributed by atoms with van der Waals surface area (Å²) in [6.45, 7) is 0. The Kier molecular flexibility index (Phi) is 3.25. The number of phenols is 3. The number of rotatable bonds is 2. The van der Waals surface area contributed by atoms with Crippen molar-refractivity contribution in [3.63, 3.8) is 0 Å². The van der Waals surface area contributed by atoms with Gasteiger partial charge >= 0.3 is 0 Å². The second-order valence-corrected chi connectivity index (χ2v) is 4.83. The van der Waals surface area contributed by atoms with Gasteiger partial charge in [-0.3, -0.25) is 4.79 Å². The first-order chi connectivity index (χ1) is 10.9. The van der Waals surface area contributed by atoms with E-state index in [2.05, 4.69) is 0 Å². The van der Waals surface area contributed by atoms with Gasteiger partial charge in [0, 0.05) is 18.2 Å². The number of phenolic OH excluding ortho intramolecular Hbond substituents is 3. The highest BCUT2D eigenvalue weighted by Gasteiger charge is 2.20. The van der Waals surface area contributed by atoms with E-state index in [0.717, 1.165) is 12.1 Å². The monoisotopic (exact) mass is 316 g/mol.